The fraction of sp³-hybridized carbons (Fsp3) is 0.200. The Bertz CT molecular complexity index is 409. The number of hydrogen-bond acceptors (Lipinski definition) is 2. The van der Waals surface area contributed by atoms with Gasteiger partial charge in [0.05, 0.1) is 6.07 Å². The van der Waals surface area contributed by atoms with Gasteiger partial charge in [-0.3, -0.25) is 4.79 Å². The molecule has 0 saturated carbocycles. The van der Waals surface area contributed by atoms with E-state index in [-0.39, 0.29) is 5.56 Å². The maximum Gasteiger partial charge on any atom is 0.159 e. The Kier molecular flexibility index (Phi) is 2.92. The normalized spacial score (nSPS) is 11.9. The first-order valence-corrected chi connectivity index (χ1v) is 3.91. The highest BCUT2D eigenvalue weighted by atomic mass is 19.2. The van der Waals surface area contributed by atoms with Crippen LogP contribution in [0.2, 0.25) is 0 Å². The summed E-state index contributed by atoms with van der Waals surface area (Å²) in [6.45, 7) is 1.23. The number of hydrogen-bond donors (Lipinski definition) is 0. The smallest absolute Gasteiger partial charge is 0.159 e. The molecule has 0 aliphatic carbocycles. The largest absolute Gasteiger partial charge is 0.298 e. The third-order valence-electron chi connectivity index (χ3n) is 1.81. The second-order valence-electron chi connectivity index (χ2n) is 2.85. The summed E-state index contributed by atoms with van der Waals surface area (Å²) in [5.74, 6) is -3.46. The predicted molar refractivity (Wildman–Crippen MR) is 45.4 cm³/mol. The van der Waals surface area contributed by atoms with Crippen LogP contribution in [-0.4, -0.2) is 5.78 Å². The zero-order valence-electron chi connectivity index (χ0n) is 7.42. The number of rotatable bonds is 2. The molecule has 0 bridgehead atoms. The van der Waals surface area contributed by atoms with Crippen LogP contribution in [-0.2, 0) is 4.79 Å². The van der Waals surface area contributed by atoms with Gasteiger partial charge in [-0.2, -0.15) is 5.26 Å². The van der Waals surface area contributed by atoms with Crippen molar-refractivity contribution in [2.75, 3.05) is 0 Å². The molecule has 1 aromatic rings. The van der Waals surface area contributed by atoms with Gasteiger partial charge in [0, 0.05) is 0 Å². The van der Waals surface area contributed by atoms with E-state index in [1.807, 2.05) is 0 Å². The van der Waals surface area contributed by atoms with Crippen LogP contribution in [0.4, 0.5) is 8.78 Å². The fourth-order valence-corrected chi connectivity index (χ4v) is 1.09. The molecule has 0 heterocycles. The van der Waals surface area contributed by atoms with E-state index >= 15 is 0 Å². The van der Waals surface area contributed by atoms with Crippen molar-refractivity contribution in [3.63, 3.8) is 0 Å². The van der Waals surface area contributed by atoms with Crippen LogP contribution >= 0.6 is 0 Å². The Morgan fingerprint density at radius 3 is 2.50 bits per heavy atom. The highest BCUT2D eigenvalue weighted by molar-refractivity contribution is 5.86. The monoisotopic (exact) mass is 195 g/mol. The lowest BCUT2D eigenvalue weighted by Gasteiger charge is -2.05. The van der Waals surface area contributed by atoms with Gasteiger partial charge in [-0.1, -0.05) is 6.07 Å². The van der Waals surface area contributed by atoms with E-state index in [9.17, 15) is 13.6 Å². The molecule has 1 unspecified atom stereocenters. The summed E-state index contributed by atoms with van der Waals surface area (Å²) in [7, 11) is 0. The molecule has 0 amide bonds. The number of Topliss-reactive ketones (excluding diaryl/α,β-unsaturated/α-hetero) is 1. The van der Waals surface area contributed by atoms with Crippen molar-refractivity contribution in [1.29, 1.82) is 5.26 Å². The lowest BCUT2D eigenvalue weighted by atomic mass is 9.97. The highest BCUT2D eigenvalue weighted by Crippen LogP contribution is 2.18. The van der Waals surface area contributed by atoms with Crippen molar-refractivity contribution < 1.29 is 13.6 Å². The van der Waals surface area contributed by atoms with E-state index < -0.39 is 23.3 Å². The maximum absolute atomic E-state index is 12.7. The van der Waals surface area contributed by atoms with Crippen molar-refractivity contribution in [1.82, 2.24) is 0 Å². The highest BCUT2D eigenvalue weighted by Gasteiger charge is 2.17. The van der Waals surface area contributed by atoms with E-state index in [1.165, 1.54) is 13.0 Å². The molecule has 0 spiro atoms. The van der Waals surface area contributed by atoms with Crippen molar-refractivity contribution in [3.05, 3.63) is 35.4 Å². The van der Waals surface area contributed by atoms with Gasteiger partial charge in [0.1, 0.15) is 5.92 Å². The number of ketones is 1. The molecule has 0 aromatic heterocycles. The average Bonchev–Trinajstić information content (AvgIpc) is 2.11. The van der Waals surface area contributed by atoms with E-state index in [1.54, 1.807) is 6.07 Å². The molecule has 1 aromatic carbocycles. The minimum Gasteiger partial charge on any atom is -0.298 e. The Morgan fingerprint density at radius 1 is 1.43 bits per heavy atom. The summed E-state index contributed by atoms with van der Waals surface area (Å²) in [5, 5.41) is 8.62. The van der Waals surface area contributed by atoms with Crippen molar-refractivity contribution >= 4 is 5.78 Å². The summed E-state index contributed by atoms with van der Waals surface area (Å²) in [6, 6.07) is 4.72. The number of carbonyl (C=O) groups excluding carboxylic acids is 1. The predicted octanol–water partition coefficient (Wildman–Crippen LogP) is 2.16. The molecule has 0 radical (unpaired) electrons. The van der Waals surface area contributed by atoms with Gasteiger partial charge in [-0.05, 0) is 24.6 Å². The molecule has 0 saturated heterocycles. The van der Waals surface area contributed by atoms with Gasteiger partial charge in [0.25, 0.3) is 0 Å². The number of nitriles is 1. The molecule has 0 fully saturated rings. The Labute approximate surface area is 79.8 Å². The summed E-state index contributed by atoms with van der Waals surface area (Å²) in [6.07, 6.45) is 0. The van der Waals surface area contributed by atoms with E-state index in [4.69, 9.17) is 5.26 Å². The number of halogens is 2. The third-order valence-corrected chi connectivity index (χ3v) is 1.81. The molecule has 14 heavy (non-hydrogen) atoms. The fourth-order valence-electron chi connectivity index (χ4n) is 1.09. The quantitative estimate of drug-likeness (QED) is 0.725. The van der Waals surface area contributed by atoms with E-state index in [2.05, 4.69) is 0 Å². The van der Waals surface area contributed by atoms with Gasteiger partial charge in [-0.25, -0.2) is 8.78 Å². The Balaban J connectivity index is 3.14. The molecule has 4 heteroatoms. The molecule has 0 N–H and O–H groups in total. The first kappa shape index (κ1) is 10.3. The van der Waals surface area contributed by atoms with Crippen molar-refractivity contribution in [3.8, 4) is 6.07 Å². The lowest BCUT2D eigenvalue weighted by molar-refractivity contribution is -0.117. The van der Waals surface area contributed by atoms with Gasteiger partial charge in [-0.15, -0.1) is 0 Å². The molecule has 2 nitrogen and oxygen atoms in total. The maximum atomic E-state index is 12.7. The van der Waals surface area contributed by atoms with E-state index in [0.717, 1.165) is 12.1 Å². The zero-order valence-corrected chi connectivity index (χ0v) is 7.42. The molecule has 72 valence electrons. The van der Waals surface area contributed by atoms with Crippen molar-refractivity contribution in [2.24, 2.45) is 0 Å². The van der Waals surface area contributed by atoms with Gasteiger partial charge in [0.2, 0.25) is 0 Å². The van der Waals surface area contributed by atoms with Crippen LogP contribution in [0.5, 0.6) is 0 Å². The number of benzene rings is 1. The Morgan fingerprint density at radius 2 is 2.07 bits per heavy atom. The minimum absolute atomic E-state index is 0.180. The molecular weight excluding hydrogens is 188 g/mol. The number of carbonyl (C=O) groups is 1. The molecular formula is C10H7F2NO. The third kappa shape index (κ3) is 1.94. The Hall–Kier alpha value is -1.76. The topological polar surface area (TPSA) is 40.9 Å². The van der Waals surface area contributed by atoms with Crippen LogP contribution < -0.4 is 0 Å². The van der Waals surface area contributed by atoms with Gasteiger partial charge < -0.3 is 0 Å². The molecule has 0 aliphatic heterocycles. The summed E-state index contributed by atoms with van der Waals surface area (Å²) < 4.78 is 25.3. The van der Waals surface area contributed by atoms with Gasteiger partial charge in [0.15, 0.2) is 17.4 Å². The summed E-state index contributed by atoms with van der Waals surface area (Å²) in [5.41, 5.74) is 0.180. The summed E-state index contributed by atoms with van der Waals surface area (Å²) >= 11 is 0. The average molecular weight is 195 g/mol. The van der Waals surface area contributed by atoms with E-state index in [0.29, 0.717) is 0 Å². The standard InChI is InChI=1S/C10H7F2NO/c1-6(14)8(5-13)7-2-3-9(11)10(12)4-7/h2-4,8H,1H3. The summed E-state index contributed by atoms with van der Waals surface area (Å²) in [4.78, 5) is 10.9. The van der Waals surface area contributed by atoms with Crippen LogP contribution in [0, 0.1) is 23.0 Å². The first-order chi connectivity index (χ1) is 6.56. The van der Waals surface area contributed by atoms with Crippen LogP contribution in [0.1, 0.15) is 18.4 Å². The molecule has 0 aliphatic rings. The van der Waals surface area contributed by atoms with Crippen molar-refractivity contribution in [2.45, 2.75) is 12.8 Å². The molecule has 1 rings (SSSR count). The second-order valence-corrected chi connectivity index (χ2v) is 2.85. The number of nitrogens with zero attached hydrogens (tertiary/aromatic N) is 1. The van der Waals surface area contributed by atoms with Crippen LogP contribution in [0.3, 0.4) is 0 Å². The first-order valence-electron chi connectivity index (χ1n) is 3.91. The van der Waals surface area contributed by atoms with Crippen LogP contribution in [0.15, 0.2) is 18.2 Å². The zero-order chi connectivity index (χ0) is 10.7. The second kappa shape index (κ2) is 3.97. The SMILES string of the molecule is CC(=O)C(C#N)c1ccc(F)c(F)c1. The minimum atomic E-state index is -1.05. The van der Waals surface area contributed by atoms with Crippen LogP contribution in [0.25, 0.3) is 0 Å². The lowest BCUT2D eigenvalue weighted by Crippen LogP contribution is -2.06. The molecule has 1 atom stereocenters. The van der Waals surface area contributed by atoms with Gasteiger partial charge >= 0.3 is 0 Å².